The molecule has 3 rings (SSSR count). The van der Waals surface area contributed by atoms with Gasteiger partial charge < -0.3 is 0 Å². The van der Waals surface area contributed by atoms with E-state index in [2.05, 4.69) is 27.7 Å². The maximum absolute atomic E-state index is 13.6. The molecule has 2 nitrogen and oxygen atoms in total. The Labute approximate surface area is 250 Å². The van der Waals surface area contributed by atoms with Crippen LogP contribution in [-0.2, 0) is 9.59 Å². The molecule has 0 radical (unpaired) electrons. The van der Waals surface area contributed by atoms with Gasteiger partial charge in [-0.3, -0.25) is 9.59 Å². The molecule has 3 aliphatic carbocycles. The SMILES string of the molecule is CCCCCCCCCCCCC1C2CC(C)C(=O)C2C(CCCCCCCCCCCC)C2CC(C)C(=O)C12. The van der Waals surface area contributed by atoms with Crippen molar-refractivity contribution in [2.45, 2.75) is 182 Å². The Morgan fingerprint density at radius 2 is 0.725 bits per heavy atom. The number of ketones is 2. The van der Waals surface area contributed by atoms with Gasteiger partial charge in [0.15, 0.2) is 0 Å². The molecule has 0 amide bonds. The molecule has 40 heavy (non-hydrogen) atoms. The second-order valence-electron chi connectivity index (χ2n) is 14.7. The van der Waals surface area contributed by atoms with Crippen molar-refractivity contribution in [1.82, 2.24) is 0 Å². The third-order valence-corrected chi connectivity index (χ3v) is 11.6. The molecular formula is C38H68O2. The minimum Gasteiger partial charge on any atom is -0.299 e. The second-order valence-corrected chi connectivity index (χ2v) is 14.7. The van der Waals surface area contributed by atoms with Crippen LogP contribution < -0.4 is 0 Å². The summed E-state index contributed by atoms with van der Waals surface area (Å²) >= 11 is 0. The first-order valence-corrected chi connectivity index (χ1v) is 18.6. The Hall–Kier alpha value is -0.660. The van der Waals surface area contributed by atoms with Crippen LogP contribution in [0.4, 0.5) is 0 Å². The monoisotopic (exact) mass is 557 g/mol. The molecule has 8 atom stereocenters. The summed E-state index contributed by atoms with van der Waals surface area (Å²) in [5, 5.41) is 0. The molecule has 0 aliphatic heterocycles. The van der Waals surface area contributed by atoms with Gasteiger partial charge in [-0.05, 0) is 49.4 Å². The smallest absolute Gasteiger partial charge is 0.139 e. The maximum atomic E-state index is 13.6. The highest BCUT2D eigenvalue weighted by molar-refractivity contribution is 5.89. The Morgan fingerprint density at radius 3 is 1.02 bits per heavy atom. The lowest BCUT2D eigenvalue weighted by Gasteiger charge is -2.46. The molecule has 8 unspecified atom stereocenters. The molecule has 0 spiro atoms. The Bertz CT molecular complexity index is 652. The molecule has 0 saturated heterocycles. The van der Waals surface area contributed by atoms with Crippen LogP contribution in [0.5, 0.6) is 0 Å². The van der Waals surface area contributed by atoms with Crippen molar-refractivity contribution < 1.29 is 9.59 Å². The van der Waals surface area contributed by atoms with Crippen LogP contribution in [-0.4, -0.2) is 11.6 Å². The maximum Gasteiger partial charge on any atom is 0.139 e. The molecule has 3 fully saturated rings. The first-order chi connectivity index (χ1) is 19.5. The molecular weight excluding hydrogens is 488 g/mol. The molecule has 3 saturated carbocycles. The van der Waals surface area contributed by atoms with E-state index >= 15 is 0 Å². The Kier molecular flexibility index (Phi) is 15.9. The highest BCUT2D eigenvalue weighted by atomic mass is 16.1. The lowest BCUT2D eigenvalue weighted by molar-refractivity contribution is -0.135. The van der Waals surface area contributed by atoms with Crippen LogP contribution in [0.1, 0.15) is 182 Å². The predicted molar refractivity (Wildman–Crippen MR) is 171 cm³/mol. The average molecular weight is 557 g/mol. The fourth-order valence-corrected chi connectivity index (χ4v) is 9.42. The third-order valence-electron chi connectivity index (χ3n) is 11.6. The van der Waals surface area contributed by atoms with E-state index in [1.54, 1.807) is 0 Å². The summed E-state index contributed by atoms with van der Waals surface area (Å²) in [5.74, 6) is 4.05. The van der Waals surface area contributed by atoms with Crippen LogP contribution in [0.25, 0.3) is 0 Å². The lowest BCUT2D eigenvalue weighted by Crippen LogP contribution is -2.46. The Balaban J connectivity index is 1.48. The van der Waals surface area contributed by atoms with Crippen molar-refractivity contribution in [2.24, 2.45) is 47.3 Å². The number of carbonyl (C=O) groups excluding carboxylic acids is 2. The van der Waals surface area contributed by atoms with E-state index in [0.29, 0.717) is 35.2 Å². The standard InChI is InChI=1S/C38H68O2/c1-5-7-9-11-13-15-17-19-21-23-25-31-33-27-29(3)38(40)36(33)32(34-28-30(4)37(39)35(31)34)26-24-22-20-18-16-14-12-10-8-6-2/h29-36H,5-28H2,1-4H3. The van der Waals surface area contributed by atoms with Crippen molar-refractivity contribution in [3.63, 3.8) is 0 Å². The highest BCUT2D eigenvalue weighted by Gasteiger charge is 2.60. The van der Waals surface area contributed by atoms with Crippen LogP contribution in [0.3, 0.4) is 0 Å². The summed E-state index contributed by atoms with van der Waals surface area (Å²) in [6, 6.07) is 0. The minimum atomic E-state index is 0.215. The van der Waals surface area contributed by atoms with Crippen molar-refractivity contribution in [1.29, 1.82) is 0 Å². The van der Waals surface area contributed by atoms with Gasteiger partial charge in [0.05, 0.1) is 0 Å². The quantitative estimate of drug-likeness (QED) is 0.124. The van der Waals surface area contributed by atoms with Crippen LogP contribution >= 0.6 is 0 Å². The van der Waals surface area contributed by atoms with E-state index in [0.717, 1.165) is 12.8 Å². The van der Waals surface area contributed by atoms with E-state index in [1.807, 2.05) is 0 Å². The minimum absolute atomic E-state index is 0.215. The van der Waals surface area contributed by atoms with Crippen molar-refractivity contribution in [2.75, 3.05) is 0 Å². The molecule has 3 aliphatic rings. The van der Waals surface area contributed by atoms with Gasteiger partial charge in [-0.2, -0.15) is 0 Å². The summed E-state index contributed by atoms with van der Waals surface area (Å²) in [5.41, 5.74) is 0. The topological polar surface area (TPSA) is 34.1 Å². The zero-order valence-electron chi connectivity index (χ0n) is 27.4. The average Bonchev–Trinajstić information content (AvgIpc) is 3.41. The summed E-state index contributed by atoms with van der Waals surface area (Å²) in [4.78, 5) is 27.2. The van der Waals surface area contributed by atoms with E-state index < -0.39 is 0 Å². The zero-order valence-corrected chi connectivity index (χ0v) is 27.4. The molecule has 0 aromatic rings. The molecule has 0 aromatic carbocycles. The van der Waals surface area contributed by atoms with E-state index in [1.165, 1.54) is 141 Å². The normalized spacial score (nSPS) is 31.6. The fourth-order valence-electron chi connectivity index (χ4n) is 9.42. The van der Waals surface area contributed by atoms with Gasteiger partial charge in [0.1, 0.15) is 11.6 Å². The fraction of sp³-hybridized carbons (Fsp3) is 0.947. The second kappa shape index (κ2) is 18.8. The third kappa shape index (κ3) is 9.69. The van der Waals surface area contributed by atoms with Gasteiger partial charge >= 0.3 is 0 Å². The summed E-state index contributed by atoms with van der Waals surface area (Å²) in [7, 11) is 0. The van der Waals surface area contributed by atoms with Crippen LogP contribution in [0.2, 0.25) is 0 Å². The van der Waals surface area contributed by atoms with Crippen LogP contribution in [0, 0.1) is 47.3 Å². The number of unbranched alkanes of at least 4 members (excludes halogenated alkanes) is 18. The van der Waals surface area contributed by atoms with E-state index in [-0.39, 0.29) is 23.7 Å². The van der Waals surface area contributed by atoms with Crippen LogP contribution in [0.15, 0.2) is 0 Å². The molecule has 232 valence electrons. The summed E-state index contributed by atoms with van der Waals surface area (Å²) in [6.45, 7) is 8.96. The zero-order chi connectivity index (χ0) is 28.7. The molecule has 0 N–H and O–H groups in total. The van der Waals surface area contributed by atoms with Gasteiger partial charge in [-0.15, -0.1) is 0 Å². The Morgan fingerprint density at radius 1 is 0.450 bits per heavy atom. The molecule has 0 bridgehead atoms. The van der Waals surface area contributed by atoms with Gasteiger partial charge in [0, 0.05) is 23.7 Å². The predicted octanol–water partition coefficient (Wildman–Crippen LogP) is 11.5. The summed E-state index contributed by atoms with van der Waals surface area (Å²) < 4.78 is 0. The largest absolute Gasteiger partial charge is 0.299 e. The highest BCUT2D eigenvalue weighted by Crippen LogP contribution is 2.60. The van der Waals surface area contributed by atoms with Gasteiger partial charge in [0.2, 0.25) is 0 Å². The lowest BCUT2D eigenvalue weighted by atomic mass is 9.56. The van der Waals surface area contributed by atoms with E-state index in [4.69, 9.17) is 0 Å². The number of hydrogen-bond acceptors (Lipinski definition) is 2. The summed E-state index contributed by atoms with van der Waals surface area (Å²) in [6.07, 6.45) is 31.8. The molecule has 0 aromatic heterocycles. The van der Waals surface area contributed by atoms with Gasteiger partial charge in [-0.1, -0.05) is 156 Å². The first kappa shape index (κ1) is 33.8. The molecule has 2 heteroatoms. The van der Waals surface area contributed by atoms with Crippen molar-refractivity contribution >= 4 is 11.6 Å². The van der Waals surface area contributed by atoms with Gasteiger partial charge in [0.25, 0.3) is 0 Å². The number of carbonyl (C=O) groups is 2. The molecule has 0 heterocycles. The van der Waals surface area contributed by atoms with Crippen molar-refractivity contribution in [3.8, 4) is 0 Å². The first-order valence-electron chi connectivity index (χ1n) is 18.6. The number of rotatable bonds is 22. The number of Topliss-reactive ketones (excluding diaryl/α,β-unsaturated/α-hetero) is 2. The number of fused-ring (bicyclic) bond motifs is 2. The van der Waals surface area contributed by atoms with Gasteiger partial charge in [-0.25, -0.2) is 0 Å². The van der Waals surface area contributed by atoms with E-state index in [9.17, 15) is 9.59 Å². The number of hydrogen-bond donors (Lipinski definition) is 0. The van der Waals surface area contributed by atoms with Crippen molar-refractivity contribution in [3.05, 3.63) is 0 Å².